The third-order valence-corrected chi connectivity index (χ3v) is 4.94. The number of nitro benzene ring substituents is 1. The topological polar surface area (TPSA) is 127 Å². The number of amides is 1. The summed E-state index contributed by atoms with van der Waals surface area (Å²) in [6.45, 7) is 0. The molecule has 8 nitrogen and oxygen atoms in total. The first kappa shape index (κ1) is 17.6. The Kier molecular flexibility index (Phi) is 5.27. The molecule has 0 aliphatic heterocycles. The van der Waals surface area contributed by atoms with Crippen LogP contribution < -0.4 is 5.48 Å². The van der Waals surface area contributed by atoms with Gasteiger partial charge in [-0.15, -0.1) is 0 Å². The Morgan fingerprint density at radius 1 is 1.12 bits per heavy atom. The molecule has 0 spiro atoms. The molecular formula is C15H14N2O6S. The maximum atomic E-state index is 12.4. The lowest BCUT2D eigenvalue weighted by atomic mass is 10.1. The van der Waals surface area contributed by atoms with Crippen molar-refractivity contribution in [2.75, 3.05) is 0 Å². The van der Waals surface area contributed by atoms with E-state index in [0.29, 0.717) is 11.1 Å². The van der Waals surface area contributed by atoms with Gasteiger partial charge in [0.2, 0.25) is 5.91 Å². The van der Waals surface area contributed by atoms with Crippen molar-refractivity contribution in [2.24, 2.45) is 0 Å². The summed E-state index contributed by atoms with van der Waals surface area (Å²) in [4.78, 5) is 21.0. The molecule has 0 aromatic heterocycles. The Hall–Kier alpha value is -2.78. The highest BCUT2D eigenvalue weighted by Gasteiger charge is 2.18. The van der Waals surface area contributed by atoms with Crippen LogP contribution in [0.1, 0.15) is 11.1 Å². The van der Waals surface area contributed by atoms with E-state index in [1.54, 1.807) is 24.3 Å². The maximum absolute atomic E-state index is 12.4. The van der Waals surface area contributed by atoms with E-state index in [2.05, 4.69) is 0 Å². The van der Waals surface area contributed by atoms with Crippen LogP contribution in [0.3, 0.4) is 0 Å². The lowest BCUT2D eigenvalue weighted by Gasteiger charge is -2.06. The van der Waals surface area contributed by atoms with Crippen molar-refractivity contribution in [3.8, 4) is 0 Å². The minimum Gasteiger partial charge on any atom is -0.289 e. The van der Waals surface area contributed by atoms with E-state index in [4.69, 9.17) is 5.21 Å². The molecule has 0 fully saturated rings. The van der Waals surface area contributed by atoms with Crippen LogP contribution in [0.25, 0.3) is 0 Å². The number of nitro groups is 1. The number of hydrogen-bond acceptors (Lipinski definition) is 6. The van der Waals surface area contributed by atoms with E-state index in [1.807, 2.05) is 0 Å². The number of nitrogens with zero attached hydrogens (tertiary/aromatic N) is 1. The summed E-state index contributed by atoms with van der Waals surface area (Å²) in [6, 6.07) is 11.1. The van der Waals surface area contributed by atoms with Gasteiger partial charge in [-0.25, -0.2) is 13.9 Å². The van der Waals surface area contributed by atoms with Crippen LogP contribution in [0.5, 0.6) is 0 Å². The molecule has 9 heteroatoms. The second-order valence-electron chi connectivity index (χ2n) is 5.04. The second-order valence-corrected chi connectivity index (χ2v) is 7.03. The van der Waals surface area contributed by atoms with E-state index in [9.17, 15) is 23.3 Å². The molecule has 2 aromatic rings. The summed E-state index contributed by atoms with van der Waals surface area (Å²) in [7, 11) is -3.73. The van der Waals surface area contributed by atoms with E-state index >= 15 is 0 Å². The molecule has 2 aromatic carbocycles. The minimum absolute atomic E-state index is 0.0333. The van der Waals surface area contributed by atoms with Crippen molar-refractivity contribution in [1.29, 1.82) is 0 Å². The predicted octanol–water partition coefficient (Wildman–Crippen LogP) is 1.62. The van der Waals surface area contributed by atoms with Crippen molar-refractivity contribution in [1.82, 2.24) is 5.48 Å². The van der Waals surface area contributed by atoms with E-state index in [1.165, 1.54) is 23.7 Å². The van der Waals surface area contributed by atoms with Gasteiger partial charge in [0, 0.05) is 12.1 Å². The van der Waals surface area contributed by atoms with E-state index < -0.39 is 20.7 Å². The quantitative estimate of drug-likeness (QED) is 0.463. The number of rotatable bonds is 6. The van der Waals surface area contributed by atoms with Gasteiger partial charge in [-0.05, 0) is 17.2 Å². The number of hydroxylamine groups is 1. The van der Waals surface area contributed by atoms with Crippen LogP contribution in [0.2, 0.25) is 0 Å². The first-order chi connectivity index (χ1) is 11.3. The molecule has 126 valence electrons. The van der Waals surface area contributed by atoms with E-state index in [0.717, 1.165) is 6.07 Å². The summed E-state index contributed by atoms with van der Waals surface area (Å²) in [6.07, 6.45) is -0.0333. The average Bonchev–Trinajstić information content (AvgIpc) is 2.56. The molecule has 0 bridgehead atoms. The van der Waals surface area contributed by atoms with Crippen LogP contribution >= 0.6 is 0 Å². The number of carbonyl (C=O) groups excluding carboxylic acids is 1. The highest BCUT2D eigenvalue weighted by Crippen LogP contribution is 2.21. The fourth-order valence-corrected chi connectivity index (χ4v) is 3.46. The summed E-state index contributed by atoms with van der Waals surface area (Å²) in [5.74, 6) is -0.896. The number of hydrogen-bond donors (Lipinski definition) is 2. The van der Waals surface area contributed by atoms with Gasteiger partial charge in [0.1, 0.15) is 0 Å². The van der Waals surface area contributed by atoms with Crippen LogP contribution in [0.15, 0.2) is 53.4 Å². The summed E-state index contributed by atoms with van der Waals surface area (Å²) < 4.78 is 24.7. The maximum Gasteiger partial charge on any atom is 0.270 e. The van der Waals surface area contributed by atoms with Crippen molar-refractivity contribution >= 4 is 21.4 Å². The van der Waals surface area contributed by atoms with Crippen molar-refractivity contribution < 1.29 is 23.3 Å². The Morgan fingerprint density at radius 3 is 2.33 bits per heavy atom. The van der Waals surface area contributed by atoms with Gasteiger partial charge in [-0.2, -0.15) is 0 Å². The monoisotopic (exact) mass is 350 g/mol. The Morgan fingerprint density at radius 2 is 1.75 bits per heavy atom. The predicted molar refractivity (Wildman–Crippen MR) is 84.1 cm³/mol. The fraction of sp³-hybridized carbons (Fsp3) is 0.133. The zero-order valence-electron chi connectivity index (χ0n) is 12.4. The highest BCUT2D eigenvalue weighted by molar-refractivity contribution is 7.90. The minimum atomic E-state index is -3.73. The van der Waals surface area contributed by atoms with Crippen LogP contribution in [0, 0.1) is 10.1 Å². The molecular weight excluding hydrogens is 336 g/mol. The highest BCUT2D eigenvalue weighted by atomic mass is 32.2. The molecule has 0 aliphatic rings. The Balaban J connectivity index is 2.18. The molecule has 0 aliphatic carbocycles. The normalized spacial score (nSPS) is 11.0. The number of carbonyl (C=O) groups is 1. The molecule has 0 radical (unpaired) electrons. The van der Waals surface area contributed by atoms with Crippen LogP contribution in [-0.2, 0) is 26.8 Å². The van der Waals surface area contributed by atoms with Gasteiger partial charge in [-0.3, -0.25) is 20.1 Å². The zero-order valence-corrected chi connectivity index (χ0v) is 13.2. The summed E-state index contributed by atoms with van der Waals surface area (Å²) in [5, 5.41) is 19.2. The third-order valence-electron chi connectivity index (χ3n) is 3.26. The van der Waals surface area contributed by atoms with Crippen molar-refractivity contribution in [3.63, 3.8) is 0 Å². The Labute approximate surface area is 137 Å². The number of nitrogens with one attached hydrogen (secondary N) is 1. The zero-order chi connectivity index (χ0) is 17.7. The number of sulfone groups is 1. The van der Waals surface area contributed by atoms with Gasteiger partial charge in [-0.1, -0.05) is 30.3 Å². The number of benzene rings is 2. The molecule has 0 heterocycles. The molecule has 0 saturated heterocycles. The first-order valence-corrected chi connectivity index (χ1v) is 8.45. The smallest absolute Gasteiger partial charge is 0.270 e. The van der Waals surface area contributed by atoms with E-state index in [-0.39, 0.29) is 22.8 Å². The van der Waals surface area contributed by atoms with Gasteiger partial charge >= 0.3 is 0 Å². The van der Waals surface area contributed by atoms with Gasteiger partial charge in [0.25, 0.3) is 5.69 Å². The average molecular weight is 350 g/mol. The second kappa shape index (κ2) is 7.20. The molecule has 0 saturated carbocycles. The van der Waals surface area contributed by atoms with Gasteiger partial charge in [0.05, 0.1) is 22.0 Å². The SMILES string of the molecule is O=C(Cc1ccc(CS(=O)(=O)c2cccc([N+](=O)[O-])c2)cc1)NO. The van der Waals surface area contributed by atoms with Crippen LogP contribution in [0.4, 0.5) is 5.69 Å². The molecule has 0 atom stereocenters. The van der Waals surface area contributed by atoms with Crippen molar-refractivity contribution in [2.45, 2.75) is 17.1 Å². The lowest BCUT2D eigenvalue weighted by Crippen LogP contribution is -2.20. The van der Waals surface area contributed by atoms with Gasteiger partial charge < -0.3 is 0 Å². The summed E-state index contributed by atoms with van der Waals surface area (Å²) >= 11 is 0. The molecule has 0 unspecified atom stereocenters. The number of non-ortho nitro benzene ring substituents is 1. The molecule has 2 rings (SSSR count). The molecule has 1 amide bonds. The first-order valence-electron chi connectivity index (χ1n) is 6.80. The summed E-state index contributed by atoms with van der Waals surface area (Å²) in [5.41, 5.74) is 2.31. The van der Waals surface area contributed by atoms with Gasteiger partial charge in [0.15, 0.2) is 9.84 Å². The van der Waals surface area contributed by atoms with Crippen molar-refractivity contribution in [3.05, 3.63) is 69.8 Å². The third kappa shape index (κ3) is 4.37. The molecule has 2 N–H and O–H groups in total. The Bertz CT molecular complexity index is 862. The fourth-order valence-electron chi connectivity index (χ4n) is 2.07. The molecule has 24 heavy (non-hydrogen) atoms. The van der Waals surface area contributed by atoms with Crippen LogP contribution in [-0.4, -0.2) is 24.5 Å². The largest absolute Gasteiger partial charge is 0.289 e. The standard InChI is InChI=1S/C15H14N2O6S/c18-15(16-19)8-11-4-6-12(7-5-11)10-24(22,23)14-3-1-2-13(9-14)17(20)21/h1-7,9,19H,8,10H2,(H,16,18). The lowest BCUT2D eigenvalue weighted by molar-refractivity contribution is -0.385.